The number of benzene rings is 1. The fourth-order valence-corrected chi connectivity index (χ4v) is 3.80. The van der Waals surface area contributed by atoms with Crippen molar-refractivity contribution in [3.63, 3.8) is 0 Å². The van der Waals surface area contributed by atoms with Crippen LogP contribution in [0.5, 0.6) is 0 Å². The van der Waals surface area contributed by atoms with Crippen molar-refractivity contribution < 1.29 is 9.90 Å². The number of aliphatic carboxylic acids is 1. The second-order valence-electron chi connectivity index (χ2n) is 5.13. The lowest BCUT2D eigenvalue weighted by molar-refractivity contribution is -0.144. The Morgan fingerprint density at radius 1 is 1.12 bits per heavy atom. The van der Waals surface area contributed by atoms with Crippen molar-refractivity contribution in [1.29, 1.82) is 0 Å². The lowest BCUT2D eigenvalue weighted by atomic mass is 9.75. The summed E-state index contributed by atoms with van der Waals surface area (Å²) in [6, 6.07) is 10.2. The van der Waals surface area contributed by atoms with E-state index in [0.717, 1.165) is 12.8 Å². The van der Waals surface area contributed by atoms with Gasteiger partial charge in [0.25, 0.3) is 0 Å². The molecule has 16 heavy (non-hydrogen) atoms. The van der Waals surface area contributed by atoms with E-state index in [1.165, 1.54) is 12.0 Å². The minimum Gasteiger partial charge on any atom is -0.481 e. The van der Waals surface area contributed by atoms with E-state index >= 15 is 0 Å². The van der Waals surface area contributed by atoms with Crippen molar-refractivity contribution in [1.82, 2.24) is 0 Å². The van der Waals surface area contributed by atoms with Crippen LogP contribution in [0.1, 0.15) is 30.7 Å². The van der Waals surface area contributed by atoms with Gasteiger partial charge in [0, 0.05) is 5.92 Å². The molecule has 0 aromatic heterocycles. The molecule has 0 amide bonds. The highest BCUT2D eigenvalue weighted by atomic mass is 16.4. The van der Waals surface area contributed by atoms with Crippen LogP contribution in [0.3, 0.4) is 0 Å². The summed E-state index contributed by atoms with van der Waals surface area (Å²) in [5.41, 5.74) is 1.22. The van der Waals surface area contributed by atoms with Gasteiger partial charge in [-0.2, -0.15) is 0 Å². The topological polar surface area (TPSA) is 37.3 Å². The van der Waals surface area contributed by atoms with Gasteiger partial charge in [0.2, 0.25) is 0 Å². The maximum atomic E-state index is 11.4. The zero-order chi connectivity index (χ0) is 11.1. The smallest absolute Gasteiger partial charge is 0.307 e. The SMILES string of the molecule is O=C(O)[C@@H]1[C@@H]2CC[C@@H](C2)[C@H]1c1ccccc1. The van der Waals surface area contributed by atoms with Crippen LogP contribution in [0.4, 0.5) is 0 Å². The fourth-order valence-electron chi connectivity index (χ4n) is 3.80. The number of hydrogen-bond acceptors (Lipinski definition) is 1. The third-order valence-corrected chi connectivity index (χ3v) is 4.39. The molecule has 2 fully saturated rings. The number of hydrogen-bond donors (Lipinski definition) is 1. The predicted octanol–water partition coefficient (Wildman–Crippen LogP) is 2.90. The number of carboxylic acids is 1. The van der Waals surface area contributed by atoms with Crippen molar-refractivity contribution in [3.8, 4) is 0 Å². The van der Waals surface area contributed by atoms with Crippen LogP contribution in [-0.4, -0.2) is 11.1 Å². The predicted molar refractivity (Wildman–Crippen MR) is 61.1 cm³/mol. The summed E-state index contributed by atoms with van der Waals surface area (Å²) in [6.07, 6.45) is 3.45. The molecule has 84 valence electrons. The Labute approximate surface area is 95.3 Å². The van der Waals surface area contributed by atoms with Gasteiger partial charge in [-0.25, -0.2) is 0 Å². The van der Waals surface area contributed by atoms with E-state index in [9.17, 15) is 9.90 Å². The van der Waals surface area contributed by atoms with E-state index < -0.39 is 5.97 Å². The van der Waals surface area contributed by atoms with Crippen molar-refractivity contribution in [2.45, 2.75) is 25.2 Å². The maximum Gasteiger partial charge on any atom is 0.307 e. The van der Waals surface area contributed by atoms with E-state index in [4.69, 9.17) is 0 Å². The van der Waals surface area contributed by atoms with Crippen LogP contribution in [0.2, 0.25) is 0 Å². The summed E-state index contributed by atoms with van der Waals surface area (Å²) in [4.78, 5) is 11.4. The van der Waals surface area contributed by atoms with Crippen molar-refractivity contribution in [2.24, 2.45) is 17.8 Å². The van der Waals surface area contributed by atoms with Crippen LogP contribution in [0.25, 0.3) is 0 Å². The Balaban J connectivity index is 1.97. The number of fused-ring (bicyclic) bond motifs is 2. The molecule has 1 aromatic carbocycles. The molecule has 0 spiro atoms. The largest absolute Gasteiger partial charge is 0.481 e. The minimum atomic E-state index is -0.596. The van der Waals surface area contributed by atoms with Crippen LogP contribution >= 0.6 is 0 Å². The van der Waals surface area contributed by atoms with Crippen molar-refractivity contribution >= 4 is 5.97 Å². The van der Waals surface area contributed by atoms with Gasteiger partial charge >= 0.3 is 5.97 Å². The minimum absolute atomic E-state index is 0.138. The second-order valence-corrected chi connectivity index (χ2v) is 5.13. The van der Waals surface area contributed by atoms with E-state index in [2.05, 4.69) is 12.1 Å². The van der Waals surface area contributed by atoms with Crippen LogP contribution in [0, 0.1) is 17.8 Å². The van der Waals surface area contributed by atoms with Gasteiger partial charge in [0.1, 0.15) is 0 Å². The summed E-state index contributed by atoms with van der Waals surface area (Å²) in [5.74, 6) is 0.556. The average Bonchev–Trinajstić information content (AvgIpc) is 2.89. The summed E-state index contributed by atoms with van der Waals surface area (Å²) < 4.78 is 0. The highest BCUT2D eigenvalue weighted by Gasteiger charge is 2.51. The van der Waals surface area contributed by atoms with Gasteiger partial charge in [0.15, 0.2) is 0 Å². The van der Waals surface area contributed by atoms with Gasteiger partial charge in [-0.3, -0.25) is 4.79 Å². The molecule has 0 aliphatic heterocycles. The number of carboxylic acid groups (broad SMARTS) is 1. The first-order chi connectivity index (χ1) is 7.77. The standard InChI is InChI=1S/C14H16O2/c15-14(16)13-11-7-6-10(8-11)12(13)9-4-2-1-3-5-9/h1-5,10-13H,6-8H2,(H,15,16)/t10-,11+,12+,13+/m0/s1. The lowest BCUT2D eigenvalue weighted by Crippen LogP contribution is -2.27. The Morgan fingerprint density at radius 3 is 2.50 bits per heavy atom. The molecule has 0 radical (unpaired) electrons. The molecular weight excluding hydrogens is 200 g/mol. The zero-order valence-electron chi connectivity index (χ0n) is 9.17. The normalized spacial score (nSPS) is 36.5. The van der Waals surface area contributed by atoms with E-state index in [0.29, 0.717) is 11.8 Å². The second kappa shape index (κ2) is 3.62. The van der Waals surface area contributed by atoms with Crippen LogP contribution < -0.4 is 0 Å². The molecule has 0 unspecified atom stereocenters. The molecule has 0 saturated heterocycles. The van der Waals surface area contributed by atoms with E-state index in [1.807, 2.05) is 18.2 Å². The molecule has 2 heteroatoms. The molecule has 4 atom stereocenters. The molecule has 2 aliphatic rings. The molecule has 2 bridgehead atoms. The number of rotatable bonds is 2. The third-order valence-electron chi connectivity index (χ3n) is 4.39. The van der Waals surface area contributed by atoms with Crippen molar-refractivity contribution in [2.75, 3.05) is 0 Å². The molecule has 2 saturated carbocycles. The quantitative estimate of drug-likeness (QED) is 0.825. The molecule has 1 N–H and O–H groups in total. The van der Waals surface area contributed by atoms with E-state index in [-0.39, 0.29) is 11.8 Å². The Bertz CT molecular complexity index is 398. The number of carbonyl (C=O) groups is 1. The molecule has 2 aliphatic carbocycles. The van der Waals surface area contributed by atoms with Gasteiger partial charge in [-0.05, 0) is 36.7 Å². The average molecular weight is 216 g/mol. The maximum absolute atomic E-state index is 11.4. The van der Waals surface area contributed by atoms with Gasteiger partial charge in [-0.1, -0.05) is 30.3 Å². The molecule has 0 heterocycles. The zero-order valence-corrected chi connectivity index (χ0v) is 9.17. The fraction of sp³-hybridized carbons (Fsp3) is 0.500. The van der Waals surface area contributed by atoms with Crippen LogP contribution in [0.15, 0.2) is 30.3 Å². The van der Waals surface area contributed by atoms with Gasteiger partial charge < -0.3 is 5.11 Å². The summed E-state index contributed by atoms with van der Waals surface area (Å²) in [5, 5.41) is 9.37. The highest BCUT2D eigenvalue weighted by molar-refractivity contribution is 5.72. The Kier molecular flexibility index (Phi) is 2.23. The van der Waals surface area contributed by atoms with Crippen LogP contribution in [-0.2, 0) is 4.79 Å². The van der Waals surface area contributed by atoms with Gasteiger partial charge in [-0.15, -0.1) is 0 Å². The van der Waals surface area contributed by atoms with E-state index in [1.54, 1.807) is 0 Å². The summed E-state index contributed by atoms with van der Waals surface area (Å²) >= 11 is 0. The molecule has 1 aromatic rings. The highest BCUT2D eigenvalue weighted by Crippen LogP contribution is 2.56. The third kappa shape index (κ3) is 1.36. The Hall–Kier alpha value is -1.31. The summed E-state index contributed by atoms with van der Waals surface area (Å²) in [7, 11) is 0. The first kappa shape index (κ1) is 9.88. The molecule has 2 nitrogen and oxygen atoms in total. The Morgan fingerprint density at radius 2 is 1.81 bits per heavy atom. The van der Waals surface area contributed by atoms with Crippen molar-refractivity contribution in [3.05, 3.63) is 35.9 Å². The lowest BCUT2D eigenvalue weighted by Gasteiger charge is -2.28. The summed E-state index contributed by atoms with van der Waals surface area (Å²) in [6.45, 7) is 0. The molecule has 3 rings (SSSR count). The monoisotopic (exact) mass is 216 g/mol. The first-order valence-electron chi connectivity index (χ1n) is 6.05. The first-order valence-corrected chi connectivity index (χ1v) is 6.05. The molecular formula is C14H16O2. The van der Waals surface area contributed by atoms with Gasteiger partial charge in [0.05, 0.1) is 5.92 Å².